The molecular formula is C3HF7LiNO2S. The van der Waals surface area contributed by atoms with E-state index in [1.807, 2.05) is 0 Å². The van der Waals surface area contributed by atoms with Gasteiger partial charge in [-0.25, -0.2) is 8.42 Å². The molecule has 0 rings (SSSR count). The van der Waals surface area contributed by atoms with Gasteiger partial charge in [0.2, 0.25) is 0 Å². The van der Waals surface area contributed by atoms with Crippen LogP contribution in [-0.4, -0.2) is 25.8 Å². The van der Waals surface area contributed by atoms with Gasteiger partial charge in [0.05, 0.1) is 0 Å². The number of hydrogen-bond donors (Lipinski definition) is 0. The number of hydrogen-bond acceptors (Lipinski definition) is 2. The van der Waals surface area contributed by atoms with Crippen molar-refractivity contribution in [3.05, 3.63) is 5.14 Å². The molecule has 0 fully saturated rings. The molecule has 0 bridgehead atoms. The molecule has 0 aliphatic rings. The van der Waals surface area contributed by atoms with Crippen molar-refractivity contribution in [2.75, 3.05) is 0 Å². The Labute approximate surface area is 91.0 Å². The first kappa shape index (κ1) is 17.4. The van der Waals surface area contributed by atoms with Crippen LogP contribution in [0.25, 0.3) is 5.14 Å². The maximum Gasteiger partial charge on any atom is 1.00 e. The van der Waals surface area contributed by atoms with E-state index in [1.165, 1.54) is 0 Å². The van der Waals surface area contributed by atoms with Crippen molar-refractivity contribution in [1.29, 1.82) is 0 Å². The zero-order valence-electron chi connectivity index (χ0n) is 6.87. The first-order valence-electron chi connectivity index (χ1n) is 2.56. The van der Waals surface area contributed by atoms with Crippen LogP contribution < -0.4 is 18.9 Å². The fraction of sp³-hybridized carbons (Fsp3) is 1.00. The average Bonchev–Trinajstić information content (AvgIpc) is 1.81. The fourth-order valence-corrected chi connectivity index (χ4v) is 0.787. The van der Waals surface area contributed by atoms with Crippen LogP contribution in [0.4, 0.5) is 30.7 Å². The molecule has 0 aliphatic carbocycles. The maximum atomic E-state index is 12.0. The van der Waals surface area contributed by atoms with Crippen molar-refractivity contribution >= 4 is 10.0 Å². The van der Waals surface area contributed by atoms with Gasteiger partial charge in [-0.15, -0.1) is 0 Å². The molecule has 0 atom stereocenters. The van der Waals surface area contributed by atoms with Crippen molar-refractivity contribution in [3.63, 3.8) is 0 Å². The summed E-state index contributed by atoms with van der Waals surface area (Å²) in [5.41, 5.74) is 0. The van der Waals surface area contributed by atoms with E-state index in [0.29, 0.717) is 0 Å². The zero-order valence-corrected chi connectivity index (χ0v) is 7.69. The van der Waals surface area contributed by atoms with Gasteiger partial charge in [0.1, 0.15) is 10.0 Å². The van der Waals surface area contributed by atoms with Crippen LogP contribution in [0.2, 0.25) is 0 Å². The Morgan fingerprint density at radius 3 is 1.20 bits per heavy atom. The Hall–Kier alpha value is 0.0174. The average molecular weight is 255 g/mol. The summed E-state index contributed by atoms with van der Waals surface area (Å²) in [5.74, 6) is -6.79. The van der Waals surface area contributed by atoms with E-state index in [1.54, 1.807) is 0 Å². The standard InChI is InChI=1S/C3HF7NO2S.Li/c4-1(5,2(6,7)8)3(9,10)14(11,12)13;/h(H-,11,12,13);/q-1;+1. The smallest absolute Gasteiger partial charge is 0.559 e. The molecule has 3 nitrogen and oxygen atoms in total. The van der Waals surface area contributed by atoms with Crippen molar-refractivity contribution < 1.29 is 58.0 Å². The SMILES string of the molecule is [Li+].[NH-]S(=O)(=O)C(F)(F)C(F)(F)C(F)(F)F. The Balaban J connectivity index is 0. The summed E-state index contributed by atoms with van der Waals surface area (Å²) in [5, 5.41) is -0.989. The minimum Gasteiger partial charge on any atom is -0.559 e. The van der Waals surface area contributed by atoms with Crippen LogP contribution >= 0.6 is 0 Å². The van der Waals surface area contributed by atoms with Crippen molar-refractivity contribution in [3.8, 4) is 0 Å². The van der Waals surface area contributed by atoms with Gasteiger partial charge in [0.25, 0.3) is 0 Å². The van der Waals surface area contributed by atoms with Gasteiger partial charge in [-0.3, -0.25) is 0 Å². The van der Waals surface area contributed by atoms with Crippen LogP contribution in [0.3, 0.4) is 0 Å². The van der Waals surface area contributed by atoms with Crippen LogP contribution in [0.5, 0.6) is 0 Å². The summed E-state index contributed by atoms with van der Waals surface area (Å²) < 4.78 is 101. The van der Waals surface area contributed by atoms with E-state index in [2.05, 4.69) is 0 Å². The van der Waals surface area contributed by atoms with Gasteiger partial charge in [0, 0.05) is 0 Å². The molecule has 0 radical (unpaired) electrons. The van der Waals surface area contributed by atoms with Crippen LogP contribution in [0, 0.1) is 0 Å². The molecule has 15 heavy (non-hydrogen) atoms. The fourth-order valence-electron chi connectivity index (χ4n) is 0.334. The van der Waals surface area contributed by atoms with E-state index in [0.717, 1.165) is 0 Å². The Morgan fingerprint density at radius 2 is 1.13 bits per heavy atom. The Bertz CT molecular complexity index is 322. The molecule has 0 aliphatic heterocycles. The van der Waals surface area contributed by atoms with Crippen LogP contribution in [0.1, 0.15) is 0 Å². The number of halogens is 7. The molecule has 86 valence electrons. The number of nitrogens with one attached hydrogen (secondary N) is 1. The molecule has 0 aromatic rings. The monoisotopic (exact) mass is 255 g/mol. The largest absolute Gasteiger partial charge is 1.00 e. The first-order valence-corrected chi connectivity index (χ1v) is 4.05. The second-order valence-electron chi connectivity index (χ2n) is 2.09. The topological polar surface area (TPSA) is 57.9 Å². The molecule has 0 unspecified atom stereocenters. The molecular weight excluding hydrogens is 254 g/mol. The summed E-state index contributed by atoms with van der Waals surface area (Å²) in [6.45, 7) is 0. The quantitative estimate of drug-likeness (QED) is 0.477. The predicted octanol–water partition coefficient (Wildman–Crippen LogP) is -0.837. The van der Waals surface area contributed by atoms with E-state index in [9.17, 15) is 39.2 Å². The Kier molecular flexibility index (Phi) is 4.78. The molecule has 12 heteroatoms. The first-order chi connectivity index (χ1) is 5.75. The van der Waals surface area contributed by atoms with Crippen molar-refractivity contribution in [1.82, 2.24) is 0 Å². The number of rotatable bonds is 2. The number of alkyl halides is 7. The zero-order chi connectivity index (χ0) is 12.0. The van der Waals surface area contributed by atoms with Gasteiger partial charge < -0.3 is 5.14 Å². The van der Waals surface area contributed by atoms with E-state index in [-0.39, 0.29) is 18.9 Å². The third-order valence-electron chi connectivity index (χ3n) is 1.06. The van der Waals surface area contributed by atoms with Crippen molar-refractivity contribution in [2.24, 2.45) is 0 Å². The second-order valence-corrected chi connectivity index (χ2v) is 3.61. The third kappa shape index (κ3) is 2.77. The normalized spacial score (nSPS) is 14.7. The molecule has 0 aromatic carbocycles. The Morgan fingerprint density at radius 1 is 0.867 bits per heavy atom. The van der Waals surface area contributed by atoms with Gasteiger partial charge in [-0.1, -0.05) is 0 Å². The van der Waals surface area contributed by atoms with Gasteiger partial charge >= 0.3 is 36.2 Å². The summed E-state index contributed by atoms with van der Waals surface area (Å²) in [4.78, 5) is 0. The molecule has 0 spiro atoms. The van der Waals surface area contributed by atoms with Gasteiger partial charge in [-0.2, -0.15) is 30.7 Å². The van der Waals surface area contributed by atoms with Crippen molar-refractivity contribution in [2.45, 2.75) is 17.4 Å². The molecule has 0 saturated carbocycles. The summed E-state index contributed by atoms with van der Waals surface area (Å²) in [6.07, 6.45) is -6.75. The van der Waals surface area contributed by atoms with Crippen LogP contribution in [-0.2, 0) is 10.0 Å². The summed E-state index contributed by atoms with van der Waals surface area (Å²) >= 11 is 0. The van der Waals surface area contributed by atoms with E-state index in [4.69, 9.17) is 5.14 Å². The minimum absolute atomic E-state index is 0. The molecule has 0 aromatic heterocycles. The second kappa shape index (κ2) is 4.12. The molecule has 1 N–H and O–H groups in total. The maximum absolute atomic E-state index is 12.0. The van der Waals surface area contributed by atoms with Crippen LogP contribution in [0.15, 0.2) is 0 Å². The summed E-state index contributed by atoms with van der Waals surface area (Å²) in [6, 6.07) is 0. The van der Waals surface area contributed by atoms with E-state index >= 15 is 0 Å². The molecule has 0 saturated heterocycles. The summed E-state index contributed by atoms with van der Waals surface area (Å²) in [7, 11) is -6.60. The van der Waals surface area contributed by atoms with E-state index < -0.39 is 27.4 Å². The third-order valence-corrected chi connectivity index (χ3v) is 1.99. The minimum atomic E-state index is -6.79. The molecule has 0 heterocycles. The predicted molar refractivity (Wildman–Crippen MR) is 29.2 cm³/mol. The number of sulfonamides is 1. The molecule has 0 amide bonds. The van der Waals surface area contributed by atoms with Gasteiger partial charge in [-0.05, 0) is 0 Å². The van der Waals surface area contributed by atoms with Gasteiger partial charge in [0.15, 0.2) is 0 Å².